The fourth-order valence-electron chi connectivity index (χ4n) is 3.41. The molecule has 0 spiro atoms. The lowest BCUT2D eigenvalue weighted by atomic mass is 9.96. The highest BCUT2D eigenvalue weighted by atomic mass is 16.6. The van der Waals surface area contributed by atoms with Crippen molar-refractivity contribution < 1.29 is 9.47 Å². The molecule has 0 bridgehead atoms. The number of likely N-dealkylation sites (tertiary alicyclic amines) is 1. The van der Waals surface area contributed by atoms with E-state index in [0.717, 1.165) is 50.5 Å². The van der Waals surface area contributed by atoms with E-state index < -0.39 is 0 Å². The smallest absolute Gasteiger partial charge is 0.244 e. The fourth-order valence-corrected chi connectivity index (χ4v) is 3.41. The Kier molecular flexibility index (Phi) is 4.60. The summed E-state index contributed by atoms with van der Waals surface area (Å²) in [7, 11) is 0. The molecule has 25 heavy (non-hydrogen) atoms. The van der Waals surface area contributed by atoms with Gasteiger partial charge in [-0.3, -0.25) is 4.90 Å². The Labute approximate surface area is 146 Å². The van der Waals surface area contributed by atoms with Crippen molar-refractivity contribution in [2.45, 2.75) is 18.9 Å². The van der Waals surface area contributed by atoms with Crippen molar-refractivity contribution in [1.29, 1.82) is 0 Å². The molecule has 2 aromatic rings. The van der Waals surface area contributed by atoms with Crippen LogP contribution in [0.25, 0.3) is 0 Å². The van der Waals surface area contributed by atoms with Crippen molar-refractivity contribution in [2.75, 3.05) is 43.9 Å². The third-order valence-corrected chi connectivity index (χ3v) is 4.79. The van der Waals surface area contributed by atoms with Gasteiger partial charge >= 0.3 is 0 Å². The van der Waals surface area contributed by atoms with Crippen LogP contribution in [0.3, 0.4) is 0 Å². The van der Waals surface area contributed by atoms with Crippen LogP contribution in [0.1, 0.15) is 12.8 Å². The van der Waals surface area contributed by atoms with E-state index in [4.69, 9.17) is 15.3 Å². The molecule has 8 nitrogen and oxygen atoms in total. The number of anilines is 1. The molecule has 1 aromatic heterocycles. The Morgan fingerprint density at radius 1 is 1.20 bits per heavy atom. The highest BCUT2D eigenvalue weighted by Crippen LogP contribution is 2.31. The molecule has 3 heterocycles. The third kappa shape index (κ3) is 3.96. The Balaban J connectivity index is 1.20. The SMILES string of the molecule is Nn1cnc(NCC2CCN(CC3COc4ccccc4O3)CC2)n1. The lowest BCUT2D eigenvalue weighted by molar-refractivity contribution is 0.0485. The van der Waals surface area contributed by atoms with Gasteiger partial charge in [0, 0.05) is 13.1 Å². The number of piperidine rings is 1. The summed E-state index contributed by atoms with van der Waals surface area (Å²) >= 11 is 0. The number of para-hydroxylation sites is 2. The average Bonchev–Trinajstić information content (AvgIpc) is 3.06. The number of nitrogen functional groups attached to an aromatic ring is 1. The number of fused-ring (bicyclic) bond motifs is 1. The number of ether oxygens (including phenoxy) is 2. The van der Waals surface area contributed by atoms with Gasteiger partial charge in [-0.2, -0.15) is 9.77 Å². The maximum atomic E-state index is 6.06. The topological polar surface area (TPSA) is 90.5 Å². The number of benzene rings is 1. The number of nitrogens with two attached hydrogens (primary N) is 1. The minimum absolute atomic E-state index is 0.0993. The van der Waals surface area contributed by atoms with Gasteiger partial charge in [-0.25, -0.2) is 0 Å². The standard InChI is InChI=1S/C17H24N6O2/c18-23-12-20-17(21-23)19-9-13-5-7-22(8-6-13)10-14-11-24-15-3-1-2-4-16(15)25-14/h1-4,12-14H,5-11,18H2,(H,19,21). The van der Waals surface area contributed by atoms with Crippen LogP contribution in [0.4, 0.5) is 5.95 Å². The first kappa shape index (κ1) is 16.0. The van der Waals surface area contributed by atoms with E-state index in [1.54, 1.807) is 0 Å². The lowest BCUT2D eigenvalue weighted by Crippen LogP contribution is -2.44. The molecule has 1 fully saturated rings. The van der Waals surface area contributed by atoms with E-state index in [-0.39, 0.29) is 6.10 Å². The van der Waals surface area contributed by atoms with Gasteiger partial charge in [0.05, 0.1) is 0 Å². The highest BCUT2D eigenvalue weighted by Gasteiger charge is 2.26. The van der Waals surface area contributed by atoms with E-state index in [1.165, 1.54) is 11.1 Å². The second kappa shape index (κ2) is 7.18. The summed E-state index contributed by atoms with van der Waals surface area (Å²) in [5.74, 6) is 8.42. The Hall–Kier alpha value is -2.48. The van der Waals surface area contributed by atoms with Crippen LogP contribution in [-0.2, 0) is 0 Å². The van der Waals surface area contributed by atoms with Crippen LogP contribution in [0, 0.1) is 5.92 Å². The Bertz CT molecular complexity index is 698. The second-order valence-electron chi connectivity index (χ2n) is 6.67. The van der Waals surface area contributed by atoms with Crippen molar-refractivity contribution in [1.82, 2.24) is 19.8 Å². The van der Waals surface area contributed by atoms with Crippen LogP contribution in [0.5, 0.6) is 11.5 Å². The quantitative estimate of drug-likeness (QED) is 0.781. The summed E-state index contributed by atoms with van der Waals surface area (Å²) < 4.78 is 11.9. The summed E-state index contributed by atoms with van der Waals surface area (Å²) in [6, 6.07) is 7.86. The van der Waals surface area contributed by atoms with Gasteiger partial charge in [0.25, 0.3) is 0 Å². The van der Waals surface area contributed by atoms with Crippen LogP contribution in [-0.4, -0.2) is 58.7 Å². The molecule has 0 amide bonds. The molecule has 1 saturated heterocycles. The van der Waals surface area contributed by atoms with Crippen LogP contribution >= 0.6 is 0 Å². The fraction of sp³-hybridized carbons (Fsp3) is 0.529. The van der Waals surface area contributed by atoms with Gasteiger partial charge in [-0.15, -0.1) is 5.10 Å². The lowest BCUT2D eigenvalue weighted by Gasteiger charge is -2.35. The number of rotatable bonds is 5. The molecule has 3 N–H and O–H groups in total. The van der Waals surface area contributed by atoms with Crippen molar-refractivity contribution in [3.05, 3.63) is 30.6 Å². The molecule has 0 saturated carbocycles. The molecule has 1 atom stereocenters. The monoisotopic (exact) mass is 344 g/mol. The number of hydrogen-bond acceptors (Lipinski definition) is 7. The van der Waals surface area contributed by atoms with Crippen molar-refractivity contribution in [3.63, 3.8) is 0 Å². The number of hydrogen-bond donors (Lipinski definition) is 2. The molecule has 2 aliphatic heterocycles. The van der Waals surface area contributed by atoms with Crippen molar-refractivity contribution in [3.8, 4) is 11.5 Å². The number of aromatic nitrogens is 3. The van der Waals surface area contributed by atoms with Crippen molar-refractivity contribution in [2.24, 2.45) is 5.92 Å². The zero-order valence-corrected chi connectivity index (χ0v) is 14.2. The van der Waals surface area contributed by atoms with E-state index in [9.17, 15) is 0 Å². The zero-order valence-electron chi connectivity index (χ0n) is 14.2. The summed E-state index contributed by atoms with van der Waals surface area (Å²) in [4.78, 5) is 7.77. The molecule has 2 aliphatic rings. The van der Waals surface area contributed by atoms with Gasteiger partial charge in [0.2, 0.25) is 5.95 Å². The predicted molar refractivity (Wildman–Crippen MR) is 94.2 cm³/mol. The van der Waals surface area contributed by atoms with Crippen LogP contribution < -0.4 is 20.6 Å². The van der Waals surface area contributed by atoms with E-state index >= 15 is 0 Å². The minimum atomic E-state index is 0.0993. The highest BCUT2D eigenvalue weighted by molar-refractivity contribution is 5.40. The van der Waals surface area contributed by atoms with E-state index in [1.807, 2.05) is 24.3 Å². The van der Waals surface area contributed by atoms with Gasteiger partial charge in [-0.1, -0.05) is 12.1 Å². The first-order valence-electron chi connectivity index (χ1n) is 8.78. The van der Waals surface area contributed by atoms with Gasteiger partial charge < -0.3 is 20.6 Å². The van der Waals surface area contributed by atoms with Crippen LogP contribution in [0.15, 0.2) is 30.6 Å². The molecule has 1 unspecified atom stereocenters. The van der Waals surface area contributed by atoms with Gasteiger partial charge in [0.15, 0.2) is 11.5 Å². The van der Waals surface area contributed by atoms with Gasteiger partial charge in [-0.05, 0) is 44.0 Å². The zero-order chi connectivity index (χ0) is 17.1. The minimum Gasteiger partial charge on any atom is -0.486 e. The first-order valence-corrected chi connectivity index (χ1v) is 8.78. The molecule has 134 valence electrons. The maximum Gasteiger partial charge on any atom is 0.244 e. The first-order chi connectivity index (χ1) is 12.3. The van der Waals surface area contributed by atoms with Gasteiger partial charge in [0.1, 0.15) is 19.0 Å². The van der Waals surface area contributed by atoms with E-state index in [2.05, 4.69) is 20.3 Å². The van der Waals surface area contributed by atoms with Crippen molar-refractivity contribution >= 4 is 5.95 Å². The molecule has 0 aliphatic carbocycles. The second-order valence-corrected chi connectivity index (χ2v) is 6.67. The summed E-state index contributed by atoms with van der Waals surface area (Å²) in [6.07, 6.45) is 3.90. The summed E-state index contributed by atoms with van der Waals surface area (Å²) in [5, 5.41) is 7.29. The molecular weight excluding hydrogens is 320 g/mol. The third-order valence-electron chi connectivity index (χ3n) is 4.79. The predicted octanol–water partition coefficient (Wildman–Crippen LogP) is 0.956. The molecule has 0 radical (unpaired) electrons. The Morgan fingerprint density at radius 2 is 2.00 bits per heavy atom. The maximum absolute atomic E-state index is 6.06. The normalized spacial score (nSPS) is 21.2. The number of nitrogens with one attached hydrogen (secondary N) is 1. The van der Waals surface area contributed by atoms with Crippen LogP contribution in [0.2, 0.25) is 0 Å². The molecule has 4 rings (SSSR count). The average molecular weight is 344 g/mol. The Morgan fingerprint density at radius 3 is 2.76 bits per heavy atom. The summed E-state index contributed by atoms with van der Waals surface area (Å²) in [5.41, 5.74) is 0. The molecule has 1 aromatic carbocycles. The number of nitrogens with zero attached hydrogens (tertiary/aromatic N) is 4. The van der Waals surface area contributed by atoms with E-state index in [0.29, 0.717) is 18.5 Å². The largest absolute Gasteiger partial charge is 0.486 e. The molecular formula is C17H24N6O2. The summed E-state index contributed by atoms with van der Waals surface area (Å²) in [6.45, 7) is 4.56. The molecule has 8 heteroatoms.